The zero-order chi connectivity index (χ0) is 11.8. The molecule has 0 radical (unpaired) electrons. The van der Waals surface area contributed by atoms with Crippen LogP contribution in [0, 0.1) is 0 Å². The van der Waals surface area contributed by atoms with Crippen molar-refractivity contribution < 1.29 is 2.74 Å². The standard InChI is InChI=1S/C12H18N2/c1-10-12(13)7-8-14(10)9-11-5-3-2-4-6-11/h2-6,10,12H,7-9,13H2,1H3/t10-,12-/m1/s1/i9D2. The van der Waals surface area contributed by atoms with Gasteiger partial charge in [-0.2, -0.15) is 0 Å². The van der Waals surface area contributed by atoms with E-state index in [2.05, 4.69) is 0 Å². The van der Waals surface area contributed by atoms with Crippen LogP contribution in [-0.4, -0.2) is 23.5 Å². The second-order valence-electron chi connectivity index (χ2n) is 3.86. The third-order valence-electron chi connectivity index (χ3n) is 2.86. The molecule has 1 fully saturated rings. The van der Waals surface area contributed by atoms with Gasteiger partial charge >= 0.3 is 0 Å². The maximum Gasteiger partial charge on any atom is 0.0481 e. The van der Waals surface area contributed by atoms with E-state index in [-0.39, 0.29) is 12.1 Å². The summed E-state index contributed by atoms with van der Waals surface area (Å²) in [5, 5.41) is 0. The highest BCUT2D eigenvalue weighted by Gasteiger charge is 2.27. The van der Waals surface area contributed by atoms with Crippen LogP contribution in [0.25, 0.3) is 0 Å². The summed E-state index contributed by atoms with van der Waals surface area (Å²) in [5.74, 6) is 0. The number of likely N-dealkylation sites (tertiary alicyclic amines) is 1. The van der Waals surface area contributed by atoms with Gasteiger partial charge in [0.15, 0.2) is 0 Å². The molecule has 0 amide bonds. The Morgan fingerprint density at radius 3 is 2.79 bits per heavy atom. The molecule has 2 nitrogen and oxygen atoms in total. The van der Waals surface area contributed by atoms with Gasteiger partial charge in [-0.05, 0) is 18.9 Å². The Balaban J connectivity index is 2.26. The molecule has 1 aliphatic heterocycles. The highest BCUT2D eigenvalue weighted by molar-refractivity contribution is 5.15. The molecular weight excluding hydrogens is 172 g/mol. The summed E-state index contributed by atoms with van der Waals surface area (Å²) in [4.78, 5) is 1.85. The van der Waals surface area contributed by atoms with Crippen molar-refractivity contribution in [2.75, 3.05) is 6.54 Å². The van der Waals surface area contributed by atoms with Gasteiger partial charge in [-0.1, -0.05) is 30.3 Å². The van der Waals surface area contributed by atoms with Crippen molar-refractivity contribution in [1.29, 1.82) is 0 Å². The molecule has 0 aliphatic carbocycles. The Kier molecular flexibility index (Phi) is 2.18. The van der Waals surface area contributed by atoms with Crippen LogP contribution < -0.4 is 5.73 Å². The molecule has 1 heterocycles. The smallest absolute Gasteiger partial charge is 0.0481 e. The molecule has 0 saturated carbocycles. The molecule has 0 unspecified atom stereocenters. The Hall–Kier alpha value is -0.860. The average molecular weight is 192 g/mol. The SMILES string of the molecule is [2H]C([2H])(c1ccccc1)N1CC[C@@H](N)[C@H]1C. The zero-order valence-electron chi connectivity index (χ0n) is 10.5. The van der Waals surface area contributed by atoms with Gasteiger partial charge in [0.2, 0.25) is 0 Å². The van der Waals surface area contributed by atoms with Crippen LogP contribution in [0.1, 0.15) is 21.6 Å². The topological polar surface area (TPSA) is 29.3 Å². The maximum atomic E-state index is 8.22. The van der Waals surface area contributed by atoms with Crippen molar-refractivity contribution in [3.63, 3.8) is 0 Å². The van der Waals surface area contributed by atoms with E-state index < -0.39 is 6.50 Å². The van der Waals surface area contributed by atoms with Crippen LogP contribution in [0.15, 0.2) is 30.3 Å². The zero-order valence-corrected chi connectivity index (χ0v) is 8.48. The molecule has 2 atom stereocenters. The molecule has 1 aromatic carbocycles. The van der Waals surface area contributed by atoms with E-state index in [9.17, 15) is 0 Å². The third kappa shape index (κ3) is 1.97. The molecule has 1 saturated heterocycles. The molecule has 1 aliphatic rings. The molecular formula is C12H18N2. The first kappa shape index (κ1) is 7.43. The van der Waals surface area contributed by atoms with E-state index in [4.69, 9.17) is 8.48 Å². The summed E-state index contributed by atoms with van der Waals surface area (Å²) in [5.41, 5.74) is 6.64. The molecule has 14 heavy (non-hydrogen) atoms. The fourth-order valence-electron chi connectivity index (χ4n) is 1.80. The highest BCUT2D eigenvalue weighted by Crippen LogP contribution is 2.18. The summed E-state index contributed by atoms with van der Waals surface area (Å²) in [6.07, 6.45) is 0.869. The van der Waals surface area contributed by atoms with Crippen molar-refractivity contribution in [2.45, 2.75) is 31.9 Å². The van der Waals surface area contributed by atoms with Gasteiger partial charge in [0.25, 0.3) is 0 Å². The van der Waals surface area contributed by atoms with Crippen molar-refractivity contribution in [2.24, 2.45) is 5.73 Å². The van der Waals surface area contributed by atoms with Gasteiger partial charge < -0.3 is 5.73 Å². The first-order chi connectivity index (χ1) is 7.53. The second kappa shape index (κ2) is 4.11. The Bertz CT molecular complexity index is 353. The fraction of sp³-hybridized carbons (Fsp3) is 0.500. The Labute approximate surface area is 88.5 Å². The first-order valence-corrected chi connectivity index (χ1v) is 5.11. The van der Waals surface area contributed by atoms with E-state index in [1.807, 2.05) is 42.2 Å². The number of hydrogen-bond acceptors (Lipinski definition) is 2. The van der Waals surface area contributed by atoms with E-state index >= 15 is 0 Å². The van der Waals surface area contributed by atoms with Crippen molar-refractivity contribution in [3.8, 4) is 0 Å². The normalized spacial score (nSPS) is 31.3. The quantitative estimate of drug-likeness (QED) is 0.771. The predicted octanol–water partition coefficient (Wildman–Crippen LogP) is 1.61. The molecule has 2 heteroatoms. The number of nitrogens with two attached hydrogens (primary N) is 1. The molecule has 0 spiro atoms. The minimum Gasteiger partial charge on any atom is -0.326 e. The minimum atomic E-state index is -1.42. The number of rotatable bonds is 2. The molecule has 2 N–H and O–H groups in total. The molecule has 0 bridgehead atoms. The Morgan fingerprint density at radius 1 is 1.50 bits per heavy atom. The van der Waals surface area contributed by atoms with Crippen LogP contribution in [0.4, 0.5) is 0 Å². The molecule has 1 aromatic rings. The lowest BCUT2D eigenvalue weighted by atomic mass is 10.1. The van der Waals surface area contributed by atoms with Crippen molar-refractivity contribution >= 4 is 0 Å². The number of hydrogen-bond donors (Lipinski definition) is 1. The van der Waals surface area contributed by atoms with Crippen LogP contribution in [0.5, 0.6) is 0 Å². The van der Waals surface area contributed by atoms with Gasteiger partial charge in [-0.25, -0.2) is 0 Å². The van der Waals surface area contributed by atoms with E-state index in [1.54, 1.807) is 0 Å². The highest BCUT2D eigenvalue weighted by atomic mass is 15.2. The van der Waals surface area contributed by atoms with Gasteiger partial charge in [0, 0.05) is 27.9 Å². The number of nitrogens with zero attached hydrogens (tertiary/aromatic N) is 1. The van der Waals surface area contributed by atoms with Gasteiger partial charge in [0.1, 0.15) is 0 Å². The largest absolute Gasteiger partial charge is 0.326 e. The summed E-state index contributed by atoms with van der Waals surface area (Å²) in [6, 6.07) is 9.47. The second-order valence-corrected chi connectivity index (χ2v) is 3.86. The van der Waals surface area contributed by atoms with Crippen LogP contribution in [-0.2, 0) is 6.50 Å². The number of benzene rings is 1. The average Bonchev–Trinajstić information content (AvgIpc) is 2.61. The first-order valence-electron chi connectivity index (χ1n) is 6.11. The molecule has 76 valence electrons. The monoisotopic (exact) mass is 192 g/mol. The van der Waals surface area contributed by atoms with Crippen LogP contribution >= 0.6 is 0 Å². The van der Waals surface area contributed by atoms with Crippen molar-refractivity contribution in [1.82, 2.24) is 4.90 Å². The predicted molar refractivity (Wildman–Crippen MR) is 58.9 cm³/mol. The van der Waals surface area contributed by atoms with Crippen LogP contribution in [0.2, 0.25) is 0 Å². The van der Waals surface area contributed by atoms with Gasteiger partial charge in [-0.3, -0.25) is 4.90 Å². The minimum absolute atomic E-state index is 0.0822. The Morgan fingerprint density at radius 2 is 2.21 bits per heavy atom. The van der Waals surface area contributed by atoms with Gasteiger partial charge in [-0.15, -0.1) is 0 Å². The summed E-state index contributed by atoms with van der Waals surface area (Å²) in [7, 11) is 0. The lowest BCUT2D eigenvalue weighted by molar-refractivity contribution is 0.252. The maximum absolute atomic E-state index is 8.22. The van der Waals surface area contributed by atoms with E-state index in [0.717, 1.165) is 13.0 Å². The molecule has 0 aromatic heterocycles. The summed E-state index contributed by atoms with van der Waals surface area (Å²) < 4.78 is 16.4. The molecule has 2 rings (SSSR count). The lowest BCUT2D eigenvalue weighted by Gasteiger charge is -2.22. The summed E-state index contributed by atoms with van der Waals surface area (Å²) >= 11 is 0. The third-order valence-corrected chi connectivity index (χ3v) is 2.86. The van der Waals surface area contributed by atoms with E-state index in [1.165, 1.54) is 0 Å². The van der Waals surface area contributed by atoms with Gasteiger partial charge in [0.05, 0.1) is 0 Å². The summed E-state index contributed by atoms with van der Waals surface area (Å²) in [6.45, 7) is 1.30. The fourth-order valence-corrected chi connectivity index (χ4v) is 1.80. The van der Waals surface area contributed by atoms with E-state index in [0.29, 0.717) is 5.56 Å². The van der Waals surface area contributed by atoms with Crippen molar-refractivity contribution in [3.05, 3.63) is 35.9 Å². The van der Waals surface area contributed by atoms with Crippen LogP contribution in [0.3, 0.4) is 0 Å². The lowest BCUT2D eigenvalue weighted by Crippen LogP contribution is -2.36.